The van der Waals surface area contributed by atoms with Crippen molar-refractivity contribution in [3.8, 4) is 0 Å². The molecule has 1 atom stereocenters. The van der Waals surface area contributed by atoms with E-state index in [0.29, 0.717) is 24.6 Å². The topological polar surface area (TPSA) is 83.0 Å². The van der Waals surface area contributed by atoms with Crippen molar-refractivity contribution >= 4 is 11.9 Å². The number of rotatable bonds is 7. The standard InChI is InChI=1S/C20H25N3O3/c1-21-20(23-13-18(14-24)16-6-4-3-5-7-16)22-12-15-8-10-17(11-9-15)19(25)26-2/h3-11,18,24H,12-14H2,1-2H3,(H2,21,22,23). The second-order valence-corrected chi connectivity index (χ2v) is 5.79. The Hall–Kier alpha value is -2.86. The lowest BCUT2D eigenvalue weighted by atomic mass is 10.0. The molecule has 0 aliphatic heterocycles. The number of carbonyl (C=O) groups excluding carboxylic acids is 1. The Bertz CT molecular complexity index is 715. The van der Waals surface area contributed by atoms with Crippen LogP contribution in [0.15, 0.2) is 59.6 Å². The normalized spacial score (nSPS) is 12.3. The average Bonchev–Trinajstić information content (AvgIpc) is 2.71. The molecule has 0 heterocycles. The van der Waals surface area contributed by atoms with E-state index in [1.165, 1.54) is 7.11 Å². The molecule has 0 amide bonds. The van der Waals surface area contributed by atoms with Crippen LogP contribution in [0.3, 0.4) is 0 Å². The molecule has 0 fully saturated rings. The summed E-state index contributed by atoms with van der Waals surface area (Å²) in [5.74, 6) is 0.295. The van der Waals surface area contributed by atoms with E-state index in [-0.39, 0.29) is 18.5 Å². The van der Waals surface area contributed by atoms with Gasteiger partial charge >= 0.3 is 5.97 Å². The van der Waals surface area contributed by atoms with Gasteiger partial charge in [0.2, 0.25) is 0 Å². The molecule has 0 radical (unpaired) electrons. The summed E-state index contributed by atoms with van der Waals surface area (Å²) in [6, 6.07) is 17.1. The molecular weight excluding hydrogens is 330 g/mol. The molecule has 1 unspecified atom stereocenters. The Morgan fingerprint density at radius 3 is 2.38 bits per heavy atom. The minimum absolute atomic E-state index is 0.00547. The van der Waals surface area contributed by atoms with Crippen LogP contribution >= 0.6 is 0 Å². The predicted molar refractivity (Wildman–Crippen MR) is 102 cm³/mol. The molecule has 0 aromatic heterocycles. The maximum absolute atomic E-state index is 11.4. The molecule has 0 saturated carbocycles. The van der Waals surface area contributed by atoms with E-state index in [1.54, 1.807) is 19.2 Å². The average molecular weight is 355 g/mol. The van der Waals surface area contributed by atoms with E-state index in [9.17, 15) is 9.90 Å². The van der Waals surface area contributed by atoms with Crippen LogP contribution in [-0.4, -0.2) is 44.3 Å². The maximum Gasteiger partial charge on any atom is 0.337 e. The van der Waals surface area contributed by atoms with Gasteiger partial charge in [-0.2, -0.15) is 0 Å². The zero-order valence-corrected chi connectivity index (χ0v) is 15.1. The molecule has 0 aliphatic rings. The molecule has 0 aliphatic carbocycles. The number of benzene rings is 2. The van der Waals surface area contributed by atoms with Gasteiger partial charge in [-0.3, -0.25) is 4.99 Å². The fraction of sp³-hybridized carbons (Fsp3) is 0.300. The number of carbonyl (C=O) groups is 1. The molecular formula is C20H25N3O3. The zero-order chi connectivity index (χ0) is 18.8. The molecule has 0 bridgehead atoms. The highest BCUT2D eigenvalue weighted by atomic mass is 16.5. The van der Waals surface area contributed by atoms with Gasteiger partial charge in [0.1, 0.15) is 0 Å². The number of hydrogen-bond acceptors (Lipinski definition) is 4. The third kappa shape index (κ3) is 5.60. The number of ether oxygens (including phenoxy) is 1. The van der Waals surface area contributed by atoms with Crippen LogP contribution < -0.4 is 10.6 Å². The van der Waals surface area contributed by atoms with Crippen molar-refractivity contribution in [2.75, 3.05) is 27.3 Å². The van der Waals surface area contributed by atoms with Crippen LogP contribution in [0.1, 0.15) is 27.4 Å². The molecule has 2 aromatic carbocycles. The smallest absolute Gasteiger partial charge is 0.337 e. The zero-order valence-electron chi connectivity index (χ0n) is 15.1. The molecule has 138 valence electrons. The van der Waals surface area contributed by atoms with Crippen molar-refractivity contribution in [3.05, 3.63) is 71.3 Å². The quantitative estimate of drug-likeness (QED) is 0.401. The summed E-state index contributed by atoms with van der Waals surface area (Å²) < 4.78 is 4.69. The fourth-order valence-corrected chi connectivity index (χ4v) is 2.52. The largest absolute Gasteiger partial charge is 0.465 e. The summed E-state index contributed by atoms with van der Waals surface area (Å²) in [6.07, 6.45) is 0. The third-order valence-electron chi connectivity index (χ3n) is 4.07. The van der Waals surface area contributed by atoms with Crippen molar-refractivity contribution in [1.82, 2.24) is 10.6 Å². The van der Waals surface area contributed by atoms with E-state index in [0.717, 1.165) is 11.1 Å². The fourth-order valence-electron chi connectivity index (χ4n) is 2.52. The van der Waals surface area contributed by atoms with Gasteiger partial charge in [-0.05, 0) is 23.3 Å². The molecule has 6 heteroatoms. The lowest BCUT2D eigenvalue weighted by molar-refractivity contribution is 0.0600. The Kier molecular flexibility index (Phi) is 7.64. The monoisotopic (exact) mass is 355 g/mol. The lowest BCUT2D eigenvalue weighted by Crippen LogP contribution is -2.39. The first-order valence-corrected chi connectivity index (χ1v) is 8.45. The number of methoxy groups -OCH3 is 1. The van der Waals surface area contributed by atoms with Gasteiger partial charge < -0.3 is 20.5 Å². The van der Waals surface area contributed by atoms with Crippen molar-refractivity contribution in [3.63, 3.8) is 0 Å². The molecule has 2 rings (SSSR count). The van der Waals surface area contributed by atoms with Crippen molar-refractivity contribution in [2.45, 2.75) is 12.5 Å². The second kappa shape index (κ2) is 10.2. The van der Waals surface area contributed by atoms with Crippen LogP contribution in [0.25, 0.3) is 0 Å². The summed E-state index contributed by atoms with van der Waals surface area (Å²) in [5.41, 5.74) is 2.62. The van der Waals surface area contributed by atoms with E-state index >= 15 is 0 Å². The van der Waals surface area contributed by atoms with Gasteiger partial charge in [0, 0.05) is 26.1 Å². The van der Waals surface area contributed by atoms with Crippen molar-refractivity contribution < 1.29 is 14.6 Å². The Morgan fingerprint density at radius 2 is 1.81 bits per heavy atom. The summed E-state index contributed by atoms with van der Waals surface area (Å²) >= 11 is 0. The minimum Gasteiger partial charge on any atom is -0.465 e. The molecule has 3 N–H and O–H groups in total. The summed E-state index contributed by atoms with van der Waals surface area (Å²) in [7, 11) is 3.06. The second-order valence-electron chi connectivity index (χ2n) is 5.79. The van der Waals surface area contributed by atoms with Crippen LogP contribution in [0.2, 0.25) is 0 Å². The predicted octanol–water partition coefficient (Wildman–Crippen LogP) is 1.91. The number of guanidine groups is 1. The third-order valence-corrected chi connectivity index (χ3v) is 4.07. The highest BCUT2D eigenvalue weighted by Crippen LogP contribution is 2.13. The SMILES string of the molecule is CN=C(NCc1ccc(C(=O)OC)cc1)NCC(CO)c1ccccc1. The van der Waals surface area contributed by atoms with Crippen molar-refractivity contribution in [1.29, 1.82) is 0 Å². The molecule has 2 aromatic rings. The summed E-state index contributed by atoms with van der Waals surface area (Å²) in [5, 5.41) is 16.1. The first kappa shape index (κ1) is 19.5. The van der Waals surface area contributed by atoms with Crippen LogP contribution in [0.5, 0.6) is 0 Å². The van der Waals surface area contributed by atoms with E-state index in [4.69, 9.17) is 0 Å². The van der Waals surface area contributed by atoms with Gasteiger partial charge in [0.15, 0.2) is 5.96 Å². The Morgan fingerprint density at radius 1 is 1.12 bits per heavy atom. The van der Waals surface area contributed by atoms with E-state index in [2.05, 4.69) is 20.4 Å². The number of aliphatic hydroxyl groups excluding tert-OH is 1. The van der Waals surface area contributed by atoms with E-state index < -0.39 is 0 Å². The highest BCUT2D eigenvalue weighted by molar-refractivity contribution is 5.89. The number of nitrogens with one attached hydrogen (secondary N) is 2. The molecule has 0 spiro atoms. The molecule has 6 nitrogen and oxygen atoms in total. The summed E-state index contributed by atoms with van der Waals surface area (Å²) in [4.78, 5) is 15.6. The first-order chi connectivity index (χ1) is 12.7. The minimum atomic E-state index is -0.349. The van der Waals surface area contributed by atoms with Gasteiger partial charge in [0.25, 0.3) is 0 Å². The molecule has 26 heavy (non-hydrogen) atoms. The number of aliphatic imine (C=N–C) groups is 1. The lowest BCUT2D eigenvalue weighted by Gasteiger charge is -2.18. The highest BCUT2D eigenvalue weighted by Gasteiger charge is 2.11. The first-order valence-electron chi connectivity index (χ1n) is 8.45. The number of esters is 1. The van der Waals surface area contributed by atoms with Crippen LogP contribution in [0.4, 0.5) is 0 Å². The van der Waals surface area contributed by atoms with E-state index in [1.807, 2.05) is 42.5 Å². The number of nitrogens with zero attached hydrogens (tertiary/aromatic N) is 1. The van der Waals surface area contributed by atoms with Gasteiger partial charge in [0.05, 0.1) is 19.3 Å². The van der Waals surface area contributed by atoms with Crippen LogP contribution in [-0.2, 0) is 11.3 Å². The Balaban J connectivity index is 1.86. The van der Waals surface area contributed by atoms with Gasteiger partial charge in [-0.25, -0.2) is 4.79 Å². The van der Waals surface area contributed by atoms with Crippen molar-refractivity contribution in [2.24, 2.45) is 4.99 Å². The number of aliphatic hydroxyl groups is 1. The number of hydrogen-bond donors (Lipinski definition) is 3. The Labute approximate surface area is 153 Å². The maximum atomic E-state index is 11.4. The van der Waals surface area contributed by atoms with Gasteiger partial charge in [-0.15, -0.1) is 0 Å². The van der Waals surface area contributed by atoms with Gasteiger partial charge in [-0.1, -0.05) is 42.5 Å². The molecule has 0 saturated heterocycles. The van der Waals surface area contributed by atoms with Crippen LogP contribution in [0, 0.1) is 0 Å². The summed E-state index contributed by atoms with van der Waals surface area (Å²) in [6.45, 7) is 1.20.